The molecule has 0 radical (unpaired) electrons. The van der Waals surface area contributed by atoms with E-state index in [1.807, 2.05) is 0 Å². The van der Waals surface area contributed by atoms with Crippen LogP contribution in [0.5, 0.6) is 5.88 Å². The first-order valence-corrected chi connectivity index (χ1v) is 10.4. The van der Waals surface area contributed by atoms with Crippen molar-refractivity contribution in [1.82, 2.24) is 19.7 Å². The van der Waals surface area contributed by atoms with Crippen LogP contribution in [-0.2, 0) is 10.2 Å². The van der Waals surface area contributed by atoms with Crippen molar-refractivity contribution in [3.63, 3.8) is 0 Å². The molecule has 1 aliphatic carbocycles. The van der Waals surface area contributed by atoms with Gasteiger partial charge in [-0.2, -0.15) is 26.3 Å². The summed E-state index contributed by atoms with van der Waals surface area (Å²) in [6.07, 6.45) is -3.50. The zero-order valence-corrected chi connectivity index (χ0v) is 16.1. The predicted octanol–water partition coefficient (Wildman–Crippen LogP) is 3.12. The van der Waals surface area contributed by atoms with Gasteiger partial charge in [-0.3, -0.25) is 9.71 Å². The normalized spacial score (nSPS) is 15.7. The number of nitrogens with one attached hydrogen (secondary N) is 2. The summed E-state index contributed by atoms with van der Waals surface area (Å²) in [4.78, 5) is 11.9. The van der Waals surface area contributed by atoms with Gasteiger partial charge in [0.05, 0.1) is 11.0 Å². The van der Waals surface area contributed by atoms with E-state index in [1.165, 1.54) is 24.4 Å². The highest BCUT2D eigenvalue weighted by Crippen LogP contribution is 2.38. The summed E-state index contributed by atoms with van der Waals surface area (Å²) in [5, 5.41) is 0. The summed E-state index contributed by atoms with van der Waals surface area (Å²) in [5.41, 5.74) is 0.279. The second-order valence-corrected chi connectivity index (χ2v) is 8.14. The molecule has 1 fully saturated rings. The topological polar surface area (TPSA) is 106 Å². The summed E-state index contributed by atoms with van der Waals surface area (Å²) in [6.45, 7) is 0. The highest BCUT2D eigenvalue weighted by molar-refractivity contribution is 7.90. The number of hydrogen-bond donors (Lipinski definition) is 2. The number of ether oxygens (including phenoxy) is 1. The Bertz CT molecular complexity index is 1150. The van der Waals surface area contributed by atoms with Crippen molar-refractivity contribution in [2.75, 3.05) is 4.72 Å². The number of benzene rings is 1. The van der Waals surface area contributed by atoms with Gasteiger partial charge < -0.3 is 4.74 Å². The van der Waals surface area contributed by atoms with E-state index < -0.39 is 34.2 Å². The lowest BCUT2D eigenvalue weighted by molar-refractivity contribution is -0.198. The summed E-state index contributed by atoms with van der Waals surface area (Å²) in [7, 11) is -4.07. The van der Waals surface area contributed by atoms with Crippen LogP contribution in [0.3, 0.4) is 0 Å². The first kappa shape index (κ1) is 20.3. The Morgan fingerprint density at radius 3 is 2.37 bits per heavy atom. The smallest absolute Gasteiger partial charge is 0.429 e. The summed E-state index contributed by atoms with van der Waals surface area (Å²) in [5.74, 6) is -1.04. The molecule has 0 amide bonds. The number of hydrogen-bond acceptors (Lipinski definition) is 6. The minimum Gasteiger partial charge on any atom is -0.457 e. The standard InChI is InChI=1S/C18H16F3N5O3S/c19-18(20,21)15(11-4-3-9-22-10-11)29-17-16(26-30(27,28)25-12-7-8-12)23-13-5-1-2-6-14(13)24-17/h1-6,9-10,12,15,25H,7-8H2,(H,23,26)/t15-/m1/s1. The number of rotatable bonds is 7. The SMILES string of the molecule is O=S(=O)(Nc1nc2ccccc2nc1O[C@H](c1cccnc1)C(F)(F)F)NC1CC1. The van der Waals surface area contributed by atoms with Gasteiger partial charge >= 0.3 is 16.4 Å². The molecule has 30 heavy (non-hydrogen) atoms. The number of para-hydroxylation sites is 2. The number of pyridine rings is 1. The van der Waals surface area contributed by atoms with E-state index in [4.69, 9.17) is 4.74 Å². The van der Waals surface area contributed by atoms with Gasteiger partial charge in [0.15, 0.2) is 0 Å². The molecule has 0 unspecified atom stereocenters. The van der Waals surface area contributed by atoms with Crippen molar-refractivity contribution in [2.24, 2.45) is 0 Å². The Labute approximate surface area is 169 Å². The average Bonchev–Trinajstić information content (AvgIpc) is 3.49. The Morgan fingerprint density at radius 2 is 1.77 bits per heavy atom. The molecule has 2 aromatic heterocycles. The largest absolute Gasteiger partial charge is 0.457 e. The maximum atomic E-state index is 13.7. The first-order valence-electron chi connectivity index (χ1n) is 8.91. The lowest BCUT2D eigenvalue weighted by Gasteiger charge is -2.22. The van der Waals surface area contributed by atoms with Crippen LogP contribution >= 0.6 is 0 Å². The number of halogens is 3. The van der Waals surface area contributed by atoms with Gasteiger partial charge in [0.1, 0.15) is 0 Å². The predicted molar refractivity (Wildman–Crippen MR) is 102 cm³/mol. The molecule has 2 heterocycles. The molecule has 1 aliphatic rings. The zero-order chi connectivity index (χ0) is 21.4. The molecule has 158 valence electrons. The van der Waals surface area contributed by atoms with Crippen LogP contribution in [-0.4, -0.2) is 35.6 Å². The van der Waals surface area contributed by atoms with Gasteiger partial charge in [-0.05, 0) is 31.0 Å². The Morgan fingerprint density at radius 1 is 1.07 bits per heavy atom. The van der Waals surface area contributed by atoms with Crippen LogP contribution in [0.4, 0.5) is 19.0 Å². The lowest BCUT2D eigenvalue weighted by Crippen LogP contribution is -2.33. The quantitative estimate of drug-likeness (QED) is 0.586. The molecular weight excluding hydrogens is 423 g/mol. The third kappa shape index (κ3) is 4.76. The number of aromatic nitrogens is 3. The average molecular weight is 439 g/mol. The van der Waals surface area contributed by atoms with E-state index in [-0.39, 0.29) is 17.1 Å². The van der Waals surface area contributed by atoms with E-state index in [9.17, 15) is 21.6 Å². The van der Waals surface area contributed by atoms with Gasteiger partial charge in [0.2, 0.25) is 11.9 Å². The minimum atomic E-state index is -4.81. The Balaban J connectivity index is 1.75. The maximum Gasteiger partial charge on any atom is 0.429 e. The fraction of sp³-hybridized carbons (Fsp3) is 0.278. The molecule has 12 heteroatoms. The molecule has 0 saturated heterocycles. The van der Waals surface area contributed by atoms with Crippen LogP contribution < -0.4 is 14.2 Å². The van der Waals surface area contributed by atoms with E-state index in [0.29, 0.717) is 18.4 Å². The van der Waals surface area contributed by atoms with Gasteiger partial charge in [-0.25, -0.2) is 9.97 Å². The molecule has 1 saturated carbocycles. The Hall–Kier alpha value is -2.99. The van der Waals surface area contributed by atoms with Crippen molar-refractivity contribution in [2.45, 2.75) is 31.2 Å². The molecule has 1 aromatic carbocycles. The Kier molecular flexibility index (Phi) is 5.20. The molecule has 0 bridgehead atoms. The van der Waals surface area contributed by atoms with Crippen LogP contribution in [0.25, 0.3) is 11.0 Å². The number of fused-ring (bicyclic) bond motifs is 1. The van der Waals surface area contributed by atoms with Crippen LogP contribution in [0.15, 0.2) is 48.8 Å². The van der Waals surface area contributed by atoms with Crippen molar-refractivity contribution in [1.29, 1.82) is 0 Å². The van der Waals surface area contributed by atoms with Crippen LogP contribution in [0.2, 0.25) is 0 Å². The van der Waals surface area contributed by atoms with E-state index >= 15 is 0 Å². The van der Waals surface area contributed by atoms with E-state index in [1.54, 1.807) is 18.2 Å². The van der Waals surface area contributed by atoms with Crippen molar-refractivity contribution in [3.05, 3.63) is 54.4 Å². The van der Waals surface area contributed by atoms with Crippen molar-refractivity contribution < 1.29 is 26.3 Å². The molecule has 1 atom stereocenters. The van der Waals surface area contributed by atoms with Gasteiger partial charge in [0.25, 0.3) is 5.88 Å². The second kappa shape index (κ2) is 7.69. The lowest BCUT2D eigenvalue weighted by atomic mass is 10.1. The molecule has 4 rings (SSSR count). The highest BCUT2D eigenvalue weighted by atomic mass is 32.2. The summed E-state index contributed by atoms with van der Waals surface area (Å²) < 4.78 is 75.4. The van der Waals surface area contributed by atoms with E-state index in [0.717, 1.165) is 6.20 Å². The maximum absolute atomic E-state index is 13.7. The molecule has 8 nitrogen and oxygen atoms in total. The number of nitrogens with zero attached hydrogens (tertiary/aromatic N) is 3. The highest BCUT2D eigenvalue weighted by Gasteiger charge is 2.44. The number of alkyl halides is 3. The van der Waals surface area contributed by atoms with Gasteiger partial charge in [0, 0.05) is 24.0 Å². The van der Waals surface area contributed by atoms with Crippen LogP contribution in [0, 0.1) is 0 Å². The summed E-state index contributed by atoms with van der Waals surface area (Å²) in [6, 6.07) is 8.70. The van der Waals surface area contributed by atoms with Gasteiger partial charge in [-0.1, -0.05) is 18.2 Å². The number of anilines is 1. The van der Waals surface area contributed by atoms with Crippen molar-refractivity contribution >= 4 is 27.1 Å². The molecule has 2 N–H and O–H groups in total. The minimum absolute atomic E-state index is 0.210. The zero-order valence-electron chi connectivity index (χ0n) is 15.3. The third-order valence-electron chi connectivity index (χ3n) is 4.18. The first-order chi connectivity index (χ1) is 14.2. The second-order valence-electron chi connectivity index (χ2n) is 6.69. The fourth-order valence-corrected chi connectivity index (χ4v) is 3.80. The molecule has 0 spiro atoms. The van der Waals surface area contributed by atoms with Gasteiger partial charge in [-0.15, -0.1) is 0 Å². The van der Waals surface area contributed by atoms with Crippen LogP contribution in [0.1, 0.15) is 24.5 Å². The fourth-order valence-electron chi connectivity index (χ4n) is 2.68. The monoisotopic (exact) mass is 439 g/mol. The van der Waals surface area contributed by atoms with Crippen molar-refractivity contribution in [3.8, 4) is 5.88 Å². The molecule has 0 aliphatic heterocycles. The summed E-state index contributed by atoms with van der Waals surface area (Å²) >= 11 is 0. The molecule has 3 aromatic rings. The third-order valence-corrected chi connectivity index (χ3v) is 5.29. The molecular formula is C18H16F3N5O3S. The van der Waals surface area contributed by atoms with E-state index in [2.05, 4.69) is 24.4 Å².